The Morgan fingerprint density at radius 1 is 1.08 bits per heavy atom. The fourth-order valence-electron chi connectivity index (χ4n) is 1.94. The molecule has 0 aliphatic rings. The molecule has 0 aromatic heterocycles. The van der Waals surface area contributed by atoms with Gasteiger partial charge < -0.3 is 5.11 Å². The highest BCUT2D eigenvalue weighted by Crippen LogP contribution is 2.30. The van der Waals surface area contributed by atoms with Gasteiger partial charge >= 0.3 is 6.18 Å². The van der Waals surface area contributed by atoms with E-state index in [4.69, 9.17) is 11.6 Å². The normalized spacial score (nSPS) is 13.7. The summed E-state index contributed by atoms with van der Waals surface area (Å²) in [6.45, 7) is -0.404. The Kier molecular flexibility index (Phi) is 5.54. The second kappa shape index (κ2) is 7.10. The summed E-state index contributed by atoms with van der Waals surface area (Å²) in [6, 6.07) is 9.60. The maximum Gasteiger partial charge on any atom is 0.416 e. The van der Waals surface area contributed by atoms with Crippen LogP contribution in [0.2, 0.25) is 5.02 Å². The van der Waals surface area contributed by atoms with Crippen LogP contribution in [0.15, 0.2) is 53.4 Å². The third-order valence-corrected chi connectivity index (χ3v) is 5.14. The van der Waals surface area contributed by atoms with E-state index in [-0.39, 0.29) is 15.5 Å². The standard InChI is InChI=1S/C15H13ClF3NO3S/c16-12-3-1-2-4-14(12)24(22,23)20-9-13(21)10-5-7-11(8-6-10)15(17,18)19/h1-8,13,20-21H,9H2/t13-/m1/s1. The number of hydrogen-bond donors (Lipinski definition) is 2. The highest BCUT2D eigenvalue weighted by atomic mass is 35.5. The van der Waals surface area contributed by atoms with Crippen molar-refractivity contribution in [1.82, 2.24) is 4.72 Å². The number of alkyl halides is 3. The maximum absolute atomic E-state index is 12.5. The van der Waals surface area contributed by atoms with E-state index in [0.29, 0.717) is 0 Å². The third kappa shape index (κ3) is 4.47. The van der Waals surface area contributed by atoms with Gasteiger partial charge in [0.15, 0.2) is 0 Å². The first-order valence-electron chi connectivity index (χ1n) is 6.70. The first kappa shape index (κ1) is 18.7. The third-order valence-electron chi connectivity index (χ3n) is 3.22. The van der Waals surface area contributed by atoms with Crippen molar-refractivity contribution < 1.29 is 26.7 Å². The number of nitrogens with one attached hydrogen (secondary N) is 1. The lowest BCUT2D eigenvalue weighted by atomic mass is 10.1. The SMILES string of the molecule is O=S(=O)(NC[C@@H](O)c1ccc(C(F)(F)F)cc1)c1ccccc1Cl. The lowest BCUT2D eigenvalue weighted by Crippen LogP contribution is -2.28. The summed E-state index contributed by atoms with van der Waals surface area (Å²) in [4.78, 5) is -0.147. The van der Waals surface area contributed by atoms with Crippen LogP contribution in [0.1, 0.15) is 17.2 Å². The highest BCUT2D eigenvalue weighted by molar-refractivity contribution is 7.89. The molecule has 0 amide bonds. The minimum Gasteiger partial charge on any atom is -0.387 e. The zero-order chi connectivity index (χ0) is 18.0. The molecule has 9 heteroatoms. The topological polar surface area (TPSA) is 66.4 Å². The Hall–Kier alpha value is -1.61. The molecule has 4 nitrogen and oxygen atoms in total. The number of sulfonamides is 1. The number of hydrogen-bond acceptors (Lipinski definition) is 3. The van der Waals surface area contributed by atoms with Gasteiger partial charge in [0.25, 0.3) is 0 Å². The van der Waals surface area contributed by atoms with Gasteiger partial charge in [0, 0.05) is 6.54 Å². The van der Waals surface area contributed by atoms with Crippen LogP contribution in [-0.2, 0) is 16.2 Å². The summed E-state index contributed by atoms with van der Waals surface area (Å²) < 4.78 is 63.9. The summed E-state index contributed by atoms with van der Waals surface area (Å²) in [7, 11) is -3.95. The van der Waals surface area contributed by atoms with Crippen molar-refractivity contribution in [3.05, 3.63) is 64.7 Å². The summed E-state index contributed by atoms with van der Waals surface area (Å²) >= 11 is 5.81. The second-order valence-electron chi connectivity index (χ2n) is 4.92. The monoisotopic (exact) mass is 379 g/mol. The number of aliphatic hydroxyl groups excluding tert-OH is 1. The molecule has 0 bridgehead atoms. The molecule has 0 heterocycles. The number of benzene rings is 2. The fraction of sp³-hybridized carbons (Fsp3) is 0.200. The lowest BCUT2D eigenvalue weighted by Gasteiger charge is -2.14. The predicted molar refractivity (Wildman–Crippen MR) is 83.0 cm³/mol. The molecule has 1 atom stereocenters. The zero-order valence-corrected chi connectivity index (χ0v) is 13.7. The molecule has 0 saturated heterocycles. The molecule has 2 aromatic carbocycles. The Morgan fingerprint density at radius 2 is 1.67 bits per heavy atom. The van der Waals surface area contributed by atoms with Gasteiger partial charge in [-0.25, -0.2) is 13.1 Å². The molecule has 0 unspecified atom stereocenters. The second-order valence-corrected chi connectivity index (χ2v) is 7.06. The van der Waals surface area contributed by atoms with Gasteiger partial charge in [0.05, 0.1) is 16.7 Å². The smallest absolute Gasteiger partial charge is 0.387 e. The van der Waals surface area contributed by atoms with E-state index < -0.39 is 34.4 Å². The summed E-state index contributed by atoms with van der Waals surface area (Å²) in [5.41, 5.74) is -0.694. The van der Waals surface area contributed by atoms with Crippen LogP contribution in [-0.4, -0.2) is 20.1 Å². The van der Waals surface area contributed by atoms with E-state index in [0.717, 1.165) is 24.3 Å². The molecular weight excluding hydrogens is 367 g/mol. The summed E-state index contributed by atoms with van der Waals surface area (Å²) in [5.74, 6) is 0. The molecule has 24 heavy (non-hydrogen) atoms. The first-order valence-corrected chi connectivity index (χ1v) is 8.57. The van der Waals surface area contributed by atoms with E-state index in [9.17, 15) is 26.7 Å². The molecule has 2 N–H and O–H groups in total. The first-order chi connectivity index (χ1) is 11.1. The molecule has 0 aliphatic carbocycles. The van der Waals surface area contributed by atoms with Gasteiger partial charge in [-0.1, -0.05) is 35.9 Å². The van der Waals surface area contributed by atoms with E-state index >= 15 is 0 Å². The number of halogens is 4. The lowest BCUT2D eigenvalue weighted by molar-refractivity contribution is -0.137. The molecule has 130 valence electrons. The van der Waals surface area contributed by atoms with Crippen molar-refractivity contribution in [2.75, 3.05) is 6.54 Å². The number of rotatable bonds is 5. The quantitative estimate of drug-likeness (QED) is 0.837. The molecular formula is C15H13ClF3NO3S. The van der Waals surface area contributed by atoms with Crippen LogP contribution in [0, 0.1) is 0 Å². The summed E-state index contributed by atoms with van der Waals surface area (Å²) in [5, 5.41) is 9.97. The van der Waals surface area contributed by atoms with Crippen LogP contribution in [0.3, 0.4) is 0 Å². The molecule has 2 aromatic rings. The Morgan fingerprint density at radius 3 is 2.21 bits per heavy atom. The van der Waals surface area contributed by atoms with E-state index in [2.05, 4.69) is 4.72 Å². The molecule has 0 spiro atoms. The Labute approximate surface area is 141 Å². The minimum atomic E-state index is -4.48. The van der Waals surface area contributed by atoms with Gasteiger partial charge in [-0.3, -0.25) is 0 Å². The largest absolute Gasteiger partial charge is 0.416 e. The fourth-order valence-corrected chi connectivity index (χ4v) is 3.50. The van der Waals surface area contributed by atoms with Crippen molar-refractivity contribution in [2.45, 2.75) is 17.2 Å². The van der Waals surface area contributed by atoms with Crippen molar-refractivity contribution in [3.63, 3.8) is 0 Å². The molecule has 0 aliphatic heterocycles. The number of aliphatic hydroxyl groups is 1. The molecule has 0 saturated carbocycles. The van der Waals surface area contributed by atoms with Gasteiger partial charge in [-0.2, -0.15) is 13.2 Å². The van der Waals surface area contributed by atoms with E-state index in [1.807, 2.05) is 0 Å². The Balaban J connectivity index is 2.08. The van der Waals surface area contributed by atoms with E-state index in [1.165, 1.54) is 18.2 Å². The zero-order valence-electron chi connectivity index (χ0n) is 12.1. The van der Waals surface area contributed by atoms with Crippen molar-refractivity contribution >= 4 is 21.6 Å². The maximum atomic E-state index is 12.5. The van der Waals surface area contributed by atoms with Crippen LogP contribution in [0.25, 0.3) is 0 Å². The molecule has 0 fully saturated rings. The summed E-state index contributed by atoms with van der Waals surface area (Å²) in [6.07, 6.45) is -5.78. The van der Waals surface area contributed by atoms with E-state index in [1.54, 1.807) is 6.07 Å². The average Bonchev–Trinajstić information content (AvgIpc) is 2.52. The van der Waals surface area contributed by atoms with Gasteiger partial charge in [0.1, 0.15) is 4.90 Å². The van der Waals surface area contributed by atoms with Crippen LogP contribution in [0.5, 0.6) is 0 Å². The van der Waals surface area contributed by atoms with Crippen molar-refractivity contribution in [1.29, 1.82) is 0 Å². The molecule has 0 radical (unpaired) electrons. The van der Waals surface area contributed by atoms with Gasteiger partial charge in [-0.15, -0.1) is 0 Å². The average molecular weight is 380 g/mol. The highest BCUT2D eigenvalue weighted by Gasteiger charge is 2.30. The minimum absolute atomic E-state index is 0.0222. The van der Waals surface area contributed by atoms with Crippen LogP contribution < -0.4 is 4.72 Å². The Bertz CT molecular complexity index is 807. The van der Waals surface area contributed by atoms with Crippen LogP contribution >= 0.6 is 11.6 Å². The van der Waals surface area contributed by atoms with Gasteiger partial charge in [-0.05, 0) is 29.8 Å². The van der Waals surface area contributed by atoms with Crippen molar-refractivity contribution in [3.8, 4) is 0 Å². The van der Waals surface area contributed by atoms with Gasteiger partial charge in [0.2, 0.25) is 10.0 Å². The van der Waals surface area contributed by atoms with Crippen molar-refractivity contribution in [2.24, 2.45) is 0 Å². The molecule has 2 rings (SSSR count). The van der Waals surface area contributed by atoms with Crippen LogP contribution in [0.4, 0.5) is 13.2 Å². The predicted octanol–water partition coefficient (Wildman–Crippen LogP) is 3.37.